The maximum Gasteiger partial charge on any atom is 0.303 e. The van der Waals surface area contributed by atoms with Crippen LogP contribution in [0.4, 0.5) is 0 Å². The van der Waals surface area contributed by atoms with Crippen LogP contribution in [-0.2, 0) is 11.3 Å². The molecule has 6 nitrogen and oxygen atoms in total. The van der Waals surface area contributed by atoms with Crippen LogP contribution in [0.3, 0.4) is 0 Å². The van der Waals surface area contributed by atoms with Crippen molar-refractivity contribution in [3.63, 3.8) is 0 Å². The maximum absolute atomic E-state index is 11.9. The van der Waals surface area contributed by atoms with Crippen LogP contribution in [0.2, 0.25) is 0 Å². The molecule has 0 spiro atoms. The lowest BCUT2D eigenvalue weighted by atomic mass is 9.88. The number of furan rings is 1. The van der Waals surface area contributed by atoms with Gasteiger partial charge in [-0.1, -0.05) is 13.8 Å². The summed E-state index contributed by atoms with van der Waals surface area (Å²) in [6, 6.07) is 3.28. The fourth-order valence-corrected chi connectivity index (χ4v) is 2.19. The van der Waals surface area contributed by atoms with E-state index in [0.717, 1.165) is 6.42 Å². The van der Waals surface area contributed by atoms with Gasteiger partial charge >= 0.3 is 5.97 Å². The number of carboxylic acids is 1. The Morgan fingerprint density at radius 3 is 2.57 bits per heavy atom. The molecule has 0 bridgehead atoms. The Bertz CT molecular complexity index is 468. The van der Waals surface area contributed by atoms with Gasteiger partial charge in [0.05, 0.1) is 6.54 Å². The Labute approximate surface area is 124 Å². The normalized spacial score (nSPS) is 12.4. The van der Waals surface area contributed by atoms with Crippen LogP contribution < -0.4 is 11.1 Å². The number of nitrogens with one attached hydrogen (secondary N) is 1. The Balaban J connectivity index is 2.38. The van der Waals surface area contributed by atoms with Crippen molar-refractivity contribution < 1.29 is 19.1 Å². The third kappa shape index (κ3) is 5.99. The Morgan fingerprint density at radius 1 is 1.33 bits per heavy atom. The van der Waals surface area contributed by atoms with Crippen LogP contribution >= 0.6 is 0 Å². The maximum atomic E-state index is 11.9. The third-order valence-electron chi connectivity index (χ3n) is 3.56. The Hall–Kier alpha value is -1.82. The zero-order valence-corrected chi connectivity index (χ0v) is 12.6. The Morgan fingerprint density at radius 2 is 2.05 bits per heavy atom. The largest absolute Gasteiger partial charge is 0.481 e. The first-order valence-corrected chi connectivity index (χ1v) is 7.22. The minimum absolute atomic E-state index is 0.162. The summed E-state index contributed by atoms with van der Waals surface area (Å²) in [5.41, 5.74) is 5.42. The molecule has 1 rings (SSSR count). The van der Waals surface area contributed by atoms with Crippen molar-refractivity contribution >= 4 is 11.9 Å². The topological polar surface area (TPSA) is 106 Å². The van der Waals surface area contributed by atoms with Gasteiger partial charge in [-0.3, -0.25) is 9.59 Å². The van der Waals surface area contributed by atoms with E-state index in [4.69, 9.17) is 15.3 Å². The lowest BCUT2D eigenvalue weighted by molar-refractivity contribution is -0.137. The molecule has 0 saturated carbocycles. The van der Waals surface area contributed by atoms with Crippen LogP contribution in [0.1, 0.15) is 49.4 Å². The van der Waals surface area contributed by atoms with Crippen molar-refractivity contribution in [2.75, 3.05) is 6.54 Å². The second kappa shape index (κ2) is 8.46. The third-order valence-corrected chi connectivity index (χ3v) is 3.56. The van der Waals surface area contributed by atoms with Crippen LogP contribution in [0.25, 0.3) is 0 Å². The summed E-state index contributed by atoms with van der Waals surface area (Å²) in [4.78, 5) is 22.5. The molecule has 0 aromatic carbocycles. The molecule has 0 aliphatic carbocycles. The quantitative estimate of drug-likeness (QED) is 0.646. The van der Waals surface area contributed by atoms with Crippen LogP contribution in [0.5, 0.6) is 0 Å². The van der Waals surface area contributed by atoms with E-state index < -0.39 is 5.97 Å². The van der Waals surface area contributed by atoms with Gasteiger partial charge in [-0.15, -0.1) is 0 Å². The standard InChI is InChI=1S/C15H24N2O4/c1-10(2)11(3-6-14(18)19)7-8-17-15(20)13-5-4-12(9-16)21-13/h4-5,10-11H,3,6-9,16H2,1-2H3,(H,17,20)(H,18,19). The highest BCUT2D eigenvalue weighted by Gasteiger charge is 2.16. The number of aliphatic carboxylic acids is 1. The number of nitrogens with two attached hydrogens (primary N) is 1. The predicted octanol–water partition coefficient (Wildman–Crippen LogP) is 2.00. The minimum atomic E-state index is -0.783. The molecule has 1 unspecified atom stereocenters. The number of rotatable bonds is 9. The number of carbonyl (C=O) groups excluding carboxylic acids is 1. The first-order valence-electron chi connectivity index (χ1n) is 7.22. The smallest absolute Gasteiger partial charge is 0.303 e. The highest BCUT2D eigenvalue weighted by Crippen LogP contribution is 2.20. The van der Waals surface area contributed by atoms with Crippen molar-refractivity contribution in [2.45, 2.75) is 39.7 Å². The monoisotopic (exact) mass is 296 g/mol. The van der Waals surface area contributed by atoms with Crippen molar-refractivity contribution in [3.05, 3.63) is 23.7 Å². The van der Waals surface area contributed by atoms with Crippen LogP contribution in [0.15, 0.2) is 16.5 Å². The van der Waals surface area contributed by atoms with Gasteiger partial charge in [0, 0.05) is 13.0 Å². The van der Waals surface area contributed by atoms with E-state index in [2.05, 4.69) is 19.2 Å². The molecule has 0 fully saturated rings. The van der Waals surface area contributed by atoms with Gasteiger partial charge in [-0.25, -0.2) is 0 Å². The fraction of sp³-hybridized carbons (Fsp3) is 0.600. The van der Waals surface area contributed by atoms with Gasteiger partial charge in [0.1, 0.15) is 5.76 Å². The van der Waals surface area contributed by atoms with E-state index in [0.29, 0.717) is 24.6 Å². The summed E-state index contributed by atoms with van der Waals surface area (Å²) in [5, 5.41) is 11.5. The summed E-state index contributed by atoms with van der Waals surface area (Å²) in [6.45, 7) is 4.89. The number of carboxylic acid groups (broad SMARTS) is 1. The van der Waals surface area contributed by atoms with Crippen molar-refractivity contribution in [3.8, 4) is 0 Å². The highest BCUT2D eigenvalue weighted by molar-refractivity contribution is 5.91. The fourth-order valence-electron chi connectivity index (χ4n) is 2.19. The summed E-state index contributed by atoms with van der Waals surface area (Å²) in [7, 11) is 0. The van der Waals surface area contributed by atoms with E-state index in [-0.39, 0.29) is 30.6 Å². The average Bonchev–Trinajstić information content (AvgIpc) is 2.90. The molecular formula is C15H24N2O4. The summed E-state index contributed by atoms with van der Waals surface area (Å²) < 4.78 is 5.26. The van der Waals surface area contributed by atoms with E-state index in [1.54, 1.807) is 12.1 Å². The van der Waals surface area contributed by atoms with E-state index in [1.807, 2.05) is 0 Å². The van der Waals surface area contributed by atoms with Crippen molar-refractivity contribution in [2.24, 2.45) is 17.6 Å². The second-order valence-electron chi connectivity index (χ2n) is 5.45. The first-order chi connectivity index (χ1) is 9.93. The van der Waals surface area contributed by atoms with Gasteiger partial charge in [0.25, 0.3) is 5.91 Å². The minimum Gasteiger partial charge on any atom is -0.481 e. The van der Waals surface area contributed by atoms with Gasteiger partial charge in [-0.2, -0.15) is 0 Å². The van der Waals surface area contributed by atoms with Crippen molar-refractivity contribution in [1.82, 2.24) is 5.32 Å². The molecule has 1 atom stereocenters. The number of hydrogen-bond donors (Lipinski definition) is 3. The van der Waals surface area contributed by atoms with Crippen LogP contribution in [-0.4, -0.2) is 23.5 Å². The highest BCUT2D eigenvalue weighted by atomic mass is 16.4. The van der Waals surface area contributed by atoms with E-state index >= 15 is 0 Å². The molecule has 0 radical (unpaired) electrons. The molecule has 6 heteroatoms. The molecule has 4 N–H and O–H groups in total. The summed E-state index contributed by atoms with van der Waals surface area (Å²) in [5.74, 6) is 0.431. The molecule has 0 saturated heterocycles. The molecule has 0 aliphatic heterocycles. The van der Waals surface area contributed by atoms with Gasteiger partial charge in [0.2, 0.25) is 0 Å². The van der Waals surface area contributed by atoms with Gasteiger partial charge in [0.15, 0.2) is 5.76 Å². The first kappa shape index (κ1) is 17.2. The predicted molar refractivity (Wildman–Crippen MR) is 78.7 cm³/mol. The lowest BCUT2D eigenvalue weighted by Gasteiger charge is -2.20. The second-order valence-corrected chi connectivity index (χ2v) is 5.45. The molecule has 1 aromatic heterocycles. The zero-order valence-electron chi connectivity index (χ0n) is 12.6. The zero-order chi connectivity index (χ0) is 15.8. The SMILES string of the molecule is CC(C)C(CCNC(=O)c1ccc(CN)o1)CCC(=O)O. The number of amides is 1. The number of carbonyl (C=O) groups is 2. The van der Waals surface area contributed by atoms with Gasteiger partial charge < -0.3 is 20.6 Å². The molecular weight excluding hydrogens is 272 g/mol. The van der Waals surface area contributed by atoms with Gasteiger partial charge in [-0.05, 0) is 36.8 Å². The summed E-state index contributed by atoms with van der Waals surface area (Å²) >= 11 is 0. The lowest BCUT2D eigenvalue weighted by Crippen LogP contribution is -2.26. The average molecular weight is 296 g/mol. The molecule has 1 aromatic rings. The molecule has 1 heterocycles. The van der Waals surface area contributed by atoms with Crippen molar-refractivity contribution in [1.29, 1.82) is 0 Å². The molecule has 21 heavy (non-hydrogen) atoms. The van der Waals surface area contributed by atoms with E-state index in [1.165, 1.54) is 0 Å². The molecule has 1 amide bonds. The summed E-state index contributed by atoms with van der Waals surface area (Å²) in [6.07, 6.45) is 1.54. The number of hydrogen-bond acceptors (Lipinski definition) is 4. The van der Waals surface area contributed by atoms with E-state index in [9.17, 15) is 9.59 Å². The molecule has 118 valence electrons. The molecule has 0 aliphatic rings. The van der Waals surface area contributed by atoms with Crippen LogP contribution in [0, 0.1) is 11.8 Å². The Kier molecular flexibility index (Phi) is 6.94.